The number of alkyl halides is 3. The number of nitrogens with zero attached hydrogens (tertiary/aromatic N) is 3. The van der Waals surface area contributed by atoms with E-state index < -0.39 is 17.6 Å². The smallest absolute Gasteiger partial charge is 0.355 e. The normalized spacial score (nSPS) is 15.6. The van der Waals surface area contributed by atoms with Gasteiger partial charge >= 0.3 is 6.18 Å². The number of rotatable bonds is 6. The monoisotopic (exact) mass is 550 g/mol. The lowest BCUT2D eigenvalue weighted by Crippen LogP contribution is -2.46. The quantitative estimate of drug-likeness (QED) is 0.291. The first-order chi connectivity index (χ1) is 17.6. The number of nitrogens with one attached hydrogen (secondary N) is 1. The summed E-state index contributed by atoms with van der Waals surface area (Å²) in [7, 11) is 0. The van der Waals surface area contributed by atoms with E-state index in [1.165, 1.54) is 23.5 Å². The van der Waals surface area contributed by atoms with E-state index in [0.717, 1.165) is 36.9 Å². The second kappa shape index (κ2) is 10.2. The fourth-order valence-corrected chi connectivity index (χ4v) is 5.81. The van der Waals surface area contributed by atoms with Crippen LogP contribution in [0.25, 0.3) is 21.5 Å². The fraction of sp³-hybridized carbons (Fsp3) is 0.385. The van der Waals surface area contributed by atoms with Gasteiger partial charge in [-0.15, -0.1) is 11.3 Å². The molecule has 1 saturated heterocycles. The van der Waals surface area contributed by atoms with Gasteiger partial charge in [0.25, 0.3) is 5.91 Å². The second-order valence-electron chi connectivity index (χ2n) is 9.52. The molecule has 0 aliphatic carbocycles. The largest absolute Gasteiger partial charge is 0.417 e. The number of hydrogen-bond donors (Lipinski definition) is 1. The van der Waals surface area contributed by atoms with Crippen LogP contribution >= 0.6 is 22.9 Å². The molecule has 11 heteroatoms. The van der Waals surface area contributed by atoms with Crippen molar-refractivity contribution in [1.29, 1.82) is 0 Å². The van der Waals surface area contributed by atoms with Gasteiger partial charge in [0.2, 0.25) is 0 Å². The van der Waals surface area contributed by atoms with Gasteiger partial charge in [-0.05, 0) is 57.0 Å². The van der Waals surface area contributed by atoms with Crippen molar-refractivity contribution >= 4 is 39.7 Å². The number of carbonyl (C=O) groups excluding carboxylic acids is 1. The summed E-state index contributed by atoms with van der Waals surface area (Å²) in [5.74, 6) is 0.100. The molecule has 0 unspecified atom stereocenters. The summed E-state index contributed by atoms with van der Waals surface area (Å²) < 4.78 is 49.0. The van der Waals surface area contributed by atoms with Crippen LogP contribution in [-0.2, 0) is 12.7 Å². The van der Waals surface area contributed by atoms with Crippen LogP contribution in [0.1, 0.15) is 48.4 Å². The number of thiophene rings is 1. The third kappa shape index (κ3) is 5.42. The first-order valence-corrected chi connectivity index (χ1v) is 13.2. The minimum Gasteiger partial charge on any atom is -0.355 e. The number of hydrogen-bond acceptors (Lipinski definition) is 5. The molecule has 6 nitrogen and oxygen atoms in total. The molecule has 1 N–H and O–H groups in total. The van der Waals surface area contributed by atoms with E-state index in [1.807, 2.05) is 0 Å². The average Bonchev–Trinajstić information content (AvgIpc) is 3.58. The number of halogens is 4. The fourth-order valence-electron chi connectivity index (χ4n) is 4.82. The molecule has 0 saturated carbocycles. The minimum absolute atomic E-state index is 0.0245. The highest BCUT2D eigenvalue weighted by molar-refractivity contribution is 7.19. The third-order valence-electron chi connectivity index (χ3n) is 6.77. The SMILES string of the molecule is CC(C)N1CCC(NC(=O)c2cc3c(C(F)(F)F)cccc3n2Cc2cc(-c3ccc(Cl)s3)on2)CC1. The van der Waals surface area contributed by atoms with Crippen molar-refractivity contribution in [3.8, 4) is 10.6 Å². The number of aromatic nitrogens is 2. The molecule has 37 heavy (non-hydrogen) atoms. The molecule has 196 valence electrons. The van der Waals surface area contributed by atoms with Crippen LogP contribution in [0.4, 0.5) is 13.2 Å². The van der Waals surface area contributed by atoms with Gasteiger partial charge in [0, 0.05) is 42.1 Å². The van der Waals surface area contributed by atoms with Crippen molar-refractivity contribution in [2.24, 2.45) is 0 Å². The summed E-state index contributed by atoms with van der Waals surface area (Å²) in [5.41, 5.74) is 0.158. The Balaban J connectivity index is 1.47. The van der Waals surface area contributed by atoms with E-state index in [0.29, 0.717) is 27.3 Å². The van der Waals surface area contributed by atoms with Crippen LogP contribution in [0, 0.1) is 0 Å². The van der Waals surface area contributed by atoms with Gasteiger partial charge in [0.1, 0.15) is 11.4 Å². The number of benzene rings is 1. The maximum absolute atomic E-state index is 13.8. The highest BCUT2D eigenvalue weighted by atomic mass is 35.5. The zero-order valence-electron chi connectivity index (χ0n) is 20.3. The average molecular weight is 551 g/mol. The van der Waals surface area contributed by atoms with Gasteiger partial charge < -0.3 is 19.3 Å². The molecule has 4 aromatic rings. The van der Waals surface area contributed by atoms with Crippen molar-refractivity contribution in [3.05, 3.63) is 63.8 Å². The lowest BCUT2D eigenvalue weighted by molar-refractivity contribution is -0.136. The maximum atomic E-state index is 13.8. The Labute approximate surface area is 221 Å². The molecule has 0 atom stereocenters. The van der Waals surface area contributed by atoms with Crippen LogP contribution in [-0.4, -0.2) is 45.7 Å². The molecule has 4 heterocycles. The van der Waals surface area contributed by atoms with Crippen LogP contribution in [0.3, 0.4) is 0 Å². The lowest BCUT2D eigenvalue weighted by atomic mass is 10.0. The molecule has 0 spiro atoms. The lowest BCUT2D eigenvalue weighted by Gasteiger charge is -2.34. The van der Waals surface area contributed by atoms with Gasteiger partial charge in [-0.2, -0.15) is 13.2 Å². The standard InChI is InChI=1S/C26H26ClF3N4O2S/c1-15(2)33-10-8-16(9-11-33)31-25(35)21-13-18-19(26(28,29)30)4-3-5-20(18)34(21)14-17-12-22(36-32-17)23-6-7-24(27)37-23/h3-7,12-13,15-16H,8-11,14H2,1-2H3,(H,31,35). The zero-order valence-corrected chi connectivity index (χ0v) is 21.9. The summed E-state index contributed by atoms with van der Waals surface area (Å²) in [6.07, 6.45) is -2.98. The highest BCUT2D eigenvalue weighted by Crippen LogP contribution is 2.37. The molecule has 0 radical (unpaired) electrons. The van der Waals surface area contributed by atoms with Crippen molar-refractivity contribution in [3.63, 3.8) is 0 Å². The third-order valence-corrected chi connectivity index (χ3v) is 8.02. The molecule has 1 aliphatic heterocycles. The number of piperidine rings is 1. The Morgan fingerprint density at radius 1 is 1.22 bits per heavy atom. The summed E-state index contributed by atoms with van der Waals surface area (Å²) >= 11 is 7.35. The van der Waals surface area contributed by atoms with Crippen LogP contribution in [0.2, 0.25) is 4.34 Å². The zero-order chi connectivity index (χ0) is 26.3. The Morgan fingerprint density at radius 3 is 2.62 bits per heavy atom. The number of carbonyl (C=O) groups is 1. The topological polar surface area (TPSA) is 63.3 Å². The van der Waals surface area contributed by atoms with Gasteiger partial charge in [-0.1, -0.05) is 22.8 Å². The summed E-state index contributed by atoms with van der Waals surface area (Å²) in [6, 6.07) is 11.0. The van der Waals surface area contributed by atoms with Crippen molar-refractivity contribution in [1.82, 2.24) is 19.9 Å². The summed E-state index contributed by atoms with van der Waals surface area (Å²) in [6.45, 7) is 6.06. The Bertz CT molecular complexity index is 1420. The number of likely N-dealkylation sites (tertiary alicyclic amines) is 1. The molecule has 1 amide bonds. The van der Waals surface area contributed by atoms with E-state index in [2.05, 4.69) is 29.2 Å². The summed E-state index contributed by atoms with van der Waals surface area (Å²) in [5, 5.41) is 7.13. The Morgan fingerprint density at radius 2 is 1.97 bits per heavy atom. The first-order valence-electron chi connectivity index (χ1n) is 12.1. The number of fused-ring (bicyclic) bond motifs is 1. The molecule has 1 aromatic carbocycles. The minimum atomic E-state index is -4.55. The van der Waals surface area contributed by atoms with Gasteiger partial charge in [-0.3, -0.25) is 4.79 Å². The predicted molar refractivity (Wildman–Crippen MR) is 138 cm³/mol. The second-order valence-corrected chi connectivity index (χ2v) is 11.2. The van der Waals surface area contributed by atoms with Crippen LogP contribution < -0.4 is 5.32 Å². The predicted octanol–water partition coefficient (Wildman–Crippen LogP) is 6.68. The molecular weight excluding hydrogens is 525 g/mol. The van der Waals surface area contributed by atoms with E-state index in [1.54, 1.807) is 28.8 Å². The Kier molecular flexibility index (Phi) is 7.08. The van der Waals surface area contributed by atoms with Gasteiger partial charge in [0.05, 0.1) is 21.3 Å². The summed E-state index contributed by atoms with van der Waals surface area (Å²) in [4.78, 5) is 16.5. The number of amides is 1. The maximum Gasteiger partial charge on any atom is 0.417 e. The van der Waals surface area contributed by atoms with E-state index >= 15 is 0 Å². The van der Waals surface area contributed by atoms with Crippen molar-refractivity contribution in [2.45, 2.75) is 51.5 Å². The van der Waals surface area contributed by atoms with Gasteiger partial charge in [0.15, 0.2) is 5.76 Å². The highest BCUT2D eigenvalue weighted by Gasteiger charge is 2.34. The van der Waals surface area contributed by atoms with Gasteiger partial charge in [-0.25, -0.2) is 0 Å². The van der Waals surface area contributed by atoms with Crippen molar-refractivity contribution < 1.29 is 22.5 Å². The molecule has 1 fully saturated rings. The van der Waals surface area contributed by atoms with Crippen molar-refractivity contribution in [2.75, 3.05) is 13.1 Å². The van der Waals surface area contributed by atoms with E-state index in [-0.39, 0.29) is 23.7 Å². The first kappa shape index (κ1) is 25.8. The van der Waals surface area contributed by atoms with Crippen LogP contribution in [0.5, 0.6) is 0 Å². The van der Waals surface area contributed by atoms with E-state index in [4.69, 9.17) is 16.1 Å². The molecule has 5 rings (SSSR count). The Hall–Kier alpha value is -2.82. The molecule has 0 bridgehead atoms. The van der Waals surface area contributed by atoms with E-state index in [9.17, 15) is 18.0 Å². The molecule has 3 aromatic heterocycles. The molecular formula is C26H26ClF3N4O2S. The molecule has 1 aliphatic rings. The van der Waals surface area contributed by atoms with Crippen LogP contribution in [0.15, 0.2) is 47.0 Å².